The lowest BCUT2D eigenvalue weighted by atomic mass is 9.88. The van der Waals surface area contributed by atoms with E-state index in [0.29, 0.717) is 66.1 Å². The van der Waals surface area contributed by atoms with Crippen LogP contribution in [0, 0.1) is 5.82 Å². The summed E-state index contributed by atoms with van der Waals surface area (Å²) in [6.07, 6.45) is 1.25. The Labute approximate surface area is 292 Å². The molecule has 1 atom stereocenters. The molecule has 2 aliphatic heterocycles. The van der Waals surface area contributed by atoms with E-state index < -0.39 is 11.7 Å². The van der Waals surface area contributed by atoms with Gasteiger partial charge in [-0.05, 0) is 87.2 Å². The first-order valence-electron chi connectivity index (χ1n) is 17.1. The molecular weight excluding hydrogens is 662 g/mol. The second-order valence-electron chi connectivity index (χ2n) is 13.7. The van der Waals surface area contributed by atoms with Gasteiger partial charge in [-0.2, -0.15) is 0 Å². The van der Waals surface area contributed by atoms with Crippen LogP contribution < -0.4 is 10.2 Å². The van der Waals surface area contributed by atoms with Crippen molar-refractivity contribution < 1.29 is 24.1 Å². The number of amides is 1. The van der Waals surface area contributed by atoms with Crippen LogP contribution >= 0.6 is 11.3 Å². The van der Waals surface area contributed by atoms with Crippen LogP contribution in [0.4, 0.5) is 4.39 Å². The number of aromatic amines is 1. The summed E-state index contributed by atoms with van der Waals surface area (Å²) < 4.78 is 23.4. The highest BCUT2D eigenvalue weighted by Crippen LogP contribution is 2.33. The van der Waals surface area contributed by atoms with Gasteiger partial charge in [0.15, 0.2) is 0 Å². The van der Waals surface area contributed by atoms with Gasteiger partial charge in [0.1, 0.15) is 22.6 Å². The minimum absolute atomic E-state index is 0.0240. The van der Waals surface area contributed by atoms with Gasteiger partial charge in [0, 0.05) is 49.9 Å². The summed E-state index contributed by atoms with van der Waals surface area (Å²) in [4.78, 5) is 31.9. The molecule has 264 valence electrons. The number of fused-ring (bicyclic) bond motifs is 2. The van der Waals surface area contributed by atoms with Crippen molar-refractivity contribution in [2.75, 3.05) is 45.9 Å². The average Bonchev–Trinajstić information content (AvgIpc) is 3.71. The zero-order valence-electron chi connectivity index (χ0n) is 28.2. The van der Waals surface area contributed by atoms with Crippen LogP contribution in [0.1, 0.15) is 65.9 Å². The molecule has 2 aromatic heterocycles. The number of carbonyl (C=O) groups excluding carboxylic acids is 1. The molecule has 1 amide bonds. The van der Waals surface area contributed by atoms with Crippen molar-refractivity contribution in [3.8, 4) is 5.75 Å². The zero-order chi connectivity index (χ0) is 35.0. The van der Waals surface area contributed by atoms with E-state index in [0.717, 1.165) is 53.9 Å². The van der Waals surface area contributed by atoms with Crippen LogP contribution in [0.5, 0.6) is 5.75 Å². The smallest absolute Gasteiger partial charge is 0.305 e. The Balaban J connectivity index is 0.907. The quantitative estimate of drug-likeness (QED) is 0.158. The van der Waals surface area contributed by atoms with Gasteiger partial charge in [-0.15, -0.1) is 5.10 Å². The lowest BCUT2D eigenvalue weighted by molar-refractivity contribution is -0.127. The van der Waals surface area contributed by atoms with Crippen molar-refractivity contribution in [1.29, 1.82) is 0 Å². The Bertz CT molecular complexity index is 2070. The van der Waals surface area contributed by atoms with E-state index in [1.807, 2.05) is 47.7 Å². The van der Waals surface area contributed by atoms with Crippen LogP contribution in [0.25, 0.3) is 21.3 Å². The number of aromatic hydroxyl groups is 1. The maximum Gasteiger partial charge on any atom is 0.305 e. The highest BCUT2D eigenvalue weighted by molar-refractivity contribution is 7.16. The van der Waals surface area contributed by atoms with Crippen LogP contribution in [0.15, 0.2) is 53.3 Å². The van der Waals surface area contributed by atoms with Crippen molar-refractivity contribution in [2.24, 2.45) is 0 Å². The first-order valence-corrected chi connectivity index (χ1v) is 17.9. The number of rotatable bonds is 10. The Morgan fingerprint density at radius 1 is 1.12 bits per heavy atom. The number of phenolic OH excluding ortho intramolecular Hbond substituents is 1. The van der Waals surface area contributed by atoms with E-state index >= 15 is 0 Å². The highest BCUT2D eigenvalue weighted by atomic mass is 32.1. The summed E-state index contributed by atoms with van der Waals surface area (Å²) in [6, 6.07) is 14.0. The number of thiazole rings is 1. The second-order valence-corrected chi connectivity index (χ2v) is 14.7. The molecule has 2 saturated heterocycles. The lowest BCUT2D eigenvalue weighted by Crippen LogP contribution is -2.57. The van der Waals surface area contributed by atoms with Crippen LogP contribution in [-0.2, 0) is 17.7 Å². The van der Waals surface area contributed by atoms with Gasteiger partial charge < -0.3 is 30.2 Å². The molecule has 7 rings (SSSR count). The minimum Gasteiger partial charge on any atom is -0.506 e. The molecule has 0 radical (unpaired) electrons. The molecule has 4 heterocycles. The van der Waals surface area contributed by atoms with Crippen molar-refractivity contribution >= 4 is 38.5 Å². The molecule has 1 spiro atoms. The number of aliphatic hydroxyl groups is 1. The third-order valence-corrected chi connectivity index (χ3v) is 10.7. The largest absolute Gasteiger partial charge is 0.506 e. The molecule has 4 N–H and O–H groups in total. The molecule has 0 unspecified atom stereocenters. The van der Waals surface area contributed by atoms with E-state index in [4.69, 9.17) is 4.74 Å². The summed E-state index contributed by atoms with van der Waals surface area (Å²) in [7, 11) is 0. The molecule has 0 bridgehead atoms. The maximum absolute atomic E-state index is 14.7. The van der Waals surface area contributed by atoms with E-state index in [1.165, 1.54) is 6.07 Å². The first kappa shape index (κ1) is 34.2. The van der Waals surface area contributed by atoms with Crippen molar-refractivity contribution in [3.63, 3.8) is 0 Å². The number of benzene rings is 3. The molecule has 12 nitrogen and oxygen atoms in total. The normalized spacial score (nSPS) is 17.3. The monoisotopic (exact) mass is 703 g/mol. The molecule has 3 aromatic carbocycles. The SMILES string of the molecule is CC(C)n1nnc2cc(C(=O)N3CCOC4(CCN(Cc5cc(F)cc(CCNC[C@H](O)c6ccc(O)c7[nH]c(=O)sc67)c5)CC4)C3)ccc21. The molecule has 5 aromatic rings. The Morgan fingerprint density at radius 3 is 2.72 bits per heavy atom. The fourth-order valence-electron chi connectivity index (χ4n) is 7.17. The third kappa shape index (κ3) is 7.16. The van der Waals surface area contributed by atoms with E-state index in [-0.39, 0.29) is 34.9 Å². The predicted molar refractivity (Wildman–Crippen MR) is 189 cm³/mol. The summed E-state index contributed by atoms with van der Waals surface area (Å²) in [5.74, 6) is -0.341. The number of aliphatic hydroxyl groups excluding tert-OH is 1. The maximum atomic E-state index is 14.7. The van der Waals surface area contributed by atoms with Gasteiger partial charge in [-0.25, -0.2) is 9.07 Å². The third-order valence-electron chi connectivity index (χ3n) is 9.81. The number of aromatic nitrogens is 4. The van der Waals surface area contributed by atoms with Crippen LogP contribution in [0.2, 0.25) is 0 Å². The fraction of sp³-hybridized carbons (Fsp3) is 0.444. The van der Waals surface area contributed by atoms with Crippen molar-refractivity contribution in [3.05, 3.63) is 86.3 Å². The predicted octanol–water partition coefficient (Wildman–Crippen LogP) is 4.13. The Morgan fingerprint density at radius 2 is 1.92 bits per heavy atom. The summed E-state index contributed by atoms with van der Waals surface area (Å²) in [6.45, 7) is 8.59. The molecule has 2 aliphatic rings. The topological polar surface area (TPSA) is 149 Å². The van der Waals surface area contributed by atoms with Gasteiger partial charge in [0.25, 0.3) is 5.91 Å². The van der Waals surface area contributed by atoms with Gasteiger partial charge in [-0.3, -0.25) is 14.5 Å². The highest BCUT2D eigenvalue weighted by Gasteiger charge is 2.41. The molecule has 2 fully saturated rings. The lowest BCUT2D eigenvalue weighted by Gasteiger charge is -2.47. The number of ether oxygens (including phenoxy) is 1. The number of piperidine rings is 1. The number of likely N-dealkylation sites (tertiary alicyclic amines) is 1. The number of phenols is 1. The van der Waals surface area contributed by atoms with E-state index in [9.17, 15) is 24.2 Å². The fourth-order valence-corrected chi connectivity index (χ4v) is 8.09. The molecule has 50 heavy (non-hydrogen) atoms. The Hall–Kier alpha value is -4.21. The van der Waals surface area contributed by atoms with Gasteiger partial charge in [0.05, 0.1) is 35.1 Å². The summed E-state index contributed by atoms with van der Waals surface area (Å²) in [5.41, 5.74) is 4.47. The van der Waals surface area contributed by atoms with Crippen molar-refractivity contribution in [1.82, 2.24) is 35.1 Å². The average molecular weight is 704 g/mol. The number of nitrogens with one attached hydrogen (secondary N) is 2. The Kier molecular flexibility index (Phi) is 9.72. The minimum atomic E-state index is -0.879. The van der Waals surface area contributed by atoms with Gasteiger partial charge >= 0.3 is 4.87 Å². The summed E-state index contributed by atoms with van der Waals surface area (Å²) in [5, 5.41) is 32.5. The number of H-pyrrole nitrogens is 1. The van der Waals surface area contributed by atoms with Crippen LogP contribution in [0.3, 0.4) is 0 Å². The molecule has 14 heteroatoms. The summed E-state index contributed by atoms with van der Waals surface area (Å²) >= 11 is 0.951. The number of nitrogens with zero attached hydrogens (tertiary/aromatic N) is 5. The molecule has 0 aliphatic carbocycles. The first-order chi connectivity index (χ1) is 24.1. The number of carbonyl (C=O) groups is 1. The van der Waals surface area contributed by atoms with E-state index in [2.05, 4.69) is 25.5 Å². The van der Waals surface area contributed by atoms with Crippen molar-refractivity contribution in [2.45, 2.75) is 57.4 Å². The molecular formula is C36H42FN7O5S. The van der Waals surface area contributed by atoms with Gasteiger partial charge in [-0.1, -0.05) is 28.7 Å². The van der Waals surface area contributed by atoms with E-state index in [1.54, 1.807) is 18.2 Å². The zero-order valence-corrected chi connectivity index (χ0v) is 29.0. The van der Waals surface area contributed by atoms with Crippen LogP contribution in [-0.4, -0.2) is 97.4 Å². The number of hydrogen-bond acceptors (Lipinski definition) is 10. The van der Waals surface area contributed by atoms with Gasteiger partial charge in [0.2, 0.25) is 0 Å². The molecule has 0 saturated carbocycles. The second kappa shape index (κ2) is 14.2. The standard InChI is InChI=1S/C36H42FN7O5S/c1-22(2)44-29-5-3-25(18-28(29)40-41-44)34(47)43-13-14-49-36(21-43)8-11-42(12-9-36)20-24-15-23(16-26(37)17-24)7-10-38-19-31(46)27-4-6-30(45)32-33(27)50-35(48)39-32/h3-6,15-18,22,31,38,45-46H,7-14,19-21H2,1-2H3,(H,39,48)/t31-/m0/s1. The number of halogens is 1. The number of morpholine rings is 1. The number of hydrogen-bond donors (Lipinski definition) is 4.